The van der Waals surface area contributed by atoms with Gasteiger partial charge >= 0.3 is 0 Å². The minimum absolute atomic E-state index is 0.00126. The minimum Gasteiger partial charge on any atom is -0.465 e. The maximum Gasteiger partial charge on any atom is 0.254 e. The molecular formula is C17H26N4O2. The summed E-state index contributed by atoms with van der Waals surface area (Å²) in [6.07, 6.45) is 2.80. The molecule has 23 heavy (non-hydrogen) atoms. The molecule has 0 aliphatic heterocycles. The summed E-state index contributed by atoms with van der Waals surface area (Å²) >= 11 is 0. The molecule has 1 amide bonds. The lowest BCUT2D eigenvalue weighted by molar-refractivity contribution is 0.0938. The zero-order valence-electron chi connectivity index (χ0n) is 14.6. The maximum absolute atomic E-state index is 12.4. The predicted molar refractivity (Wildman–Crippen MR) is 89.5 cm³/mol. The molecule has 1 N–H and O–H groups in total. The van der Waals surface area contributed by atoms with E-state index in [-0.39, 0.29) is 11.9 Å². The smallest absolute Gasteiger partial charge is 0.254 e. The Bertz CT molecular complexity index is 657. The molecule has 0 aromatic carbocycles. The quantitative estimate of drug-likeness (QED) is 0.852. The van der Waals surface area contributed by atoms with Crippen LogP contribution in [-0.2, 0) is 6.54 Å². The van der Waals surface area contributed by atoms with Crippen LogP contribution in [0.4, 0.5) is 0 Å². The van der Waals surface area contributed by atoms with Gasteiger partial charge in [-0.2, -0.15) is 5.10 Å². The van der Waals surface area contributed by atoms with Gasteiger partial charge in [0.25, 0.3) is 5.91 Å². The van der Waals surface area contributed by atoms with Crippen LogP contribution in [0, 0.1) is 13.8 Å². The summed E-state index contributed by atoms with van der Waals surface area (Å²) in [5, 5.41) is 7.36. The van der Waals surface area contributed by atoms with Gasteiger partial charge in [0.2, 0.25) is 0 Å². The Kier molecular flexibility index (Phi) is 5.60. The number of hydrogen-bond donors (Lipinski definition) is 1. The number of rotatable bonds is 7. The molecule has 0 spiro atoms. The summed E-state index contributed by atoms with van der Waals surface area (Å²) in [4.78, 5) is 14.5. The number of carbonyl (C=O) groups excluding carboxylic acids is 1. The second-order valence-electron chi connectivity index (χ2n) is 6.03. The van der Waals surface area contributed by atoms with Crippen LogP contribution in [0.2, 0.25) is 0 Å². The molecule has 2 rings (SSSR count). The number of amides is 1. The Morgan fingerprint density at radius 2 is 2.13 bits per heavy atom. The lowest BCUT2D eigenvalue weighted by Gasteiger charge is -2.22. The first-order chi connectivity index (χ1) is 10.9. The van der Waals surface area contributed by atoms with Crippen molar-refractivity contribution in [3.8, 4) is 0 Å². The van der Waals surface area contributed by atoms with Crippen molar-refractivity contribution in [2.45, 2.75) is 39.8 Å². The van der Waals surface area contributed by atoms with Gasteiger partial charge in [-0.3, -0.25) is 14.4 Å². The van der Waals surface area contributed by atoms with Crippen LogP contribution in [0.15, 0.2) is 22.7 Å². The third kappa shape index (κ3) is 4.22. The lowest BCUT2D eigenvalue weighted by atomic mass is 10.2. The van der Waals surface area contributed by atoms with Crippen molar-refractivity contribution in [3.63, 3.8) is 0 Å². The second-order valence-corrected chi connectivity index (χ2v) is 6.03. The van der Waals surface area contributed by atoms with Crippen molar-refractivity contribution in [2.24, 2.45) is 0 Å². The van der Waals surface area contributed by atoms with Crippen molar-refractivity contribution in [1.29, 1.82) is 0 Å². The van der Waals surface area contributed by atoms with Gasteiger partial charge < -0.3 is 9.73 Å². The van der Waals surface area contributed by atoms with E-state index in [2.05, 4.69) is 17.3 Å². The van der Waals surface area contributed by atoms with Gasteiger partial charge in [0, 0.05) is 19.3 Å². The van der Waals surface area contributed by atoms with Crippen LogP contribution in [-0.4, -0.2) is 41.2 Å². The molecule has 1 atom stereocenters. The molecule has 6 nitrogen and oxygen atoms in total. The van der Waals surface area contributed by atoms with Gasteiger partial charge in [-0.25, -0.2) is 0 Å². The fourth-order valence-electron chi connectivity index (χ4n) is 2.54. The largest absolute Gasteiger partial charge is 0.465 e. The molecule has 0 bridgehead atoms. The van der Waals surface area contributed by atoms with Crippen molar-refractivity contribution in [3.05, 3.63) is 41.1 Å². The summed E-state index contributed by atoms with van der Waals surface area (Å²) in [5.74, 6) is 1.63. The van der Waals surface area contributed by atoms with E-state index in [9.17, 15) is 4.79 Å². The molecule has 0 aliphatic carbocycles. The number of carbonyl (C=O) groups is 1. The summed E-state index contributed by atoms with van der Waals surface area (Å²) in [5.41, 5.74) is 1.39. The SMILES string of the molecule is CCCn1cc(C(=O)NC[C@@H](c2ccc(C)o2)N(C)C)c(C)n1. The number of hydrogen-bond acceptors (Lipinski definition) is 4. The van der Waals surface area contributed by atoms with E-state index in [1.807, 2.05) is 55.9 Å². The zero-order chi connectivity index (χ0) is 17.0. The van der Waals surface area contributed by atoms with Crippen LogP contribution in [0.5, 0.6) is 0 Å². The molecule has 0 saturated carbocycles. The summed E-state index contributed by atoms with van der Waals surface area (Å²) in [6, 6.07) is 3.89. The fraction of sp³-hybridized carbons (Fsp3) is 0.529. The number of furan rings is 1. The molecule has 2 aromatic rings. The highest BCUT2D eigenvalue weighted by atomic mass is 16.3. The average Bonchev–Trinajstić information content (AvgIpc) is 3.05. The number of nitrogens with zero attached hydrogens (tertiary/aromatic N) is 3. The molecular weight excluding hydrogens is 292 g/mol. The molecule has 0 radical (unpaired) electrons. The van der Waals surface area contributed by atoms with E-state index in [0.29, 0.717) is 12.1 Å². The Hall–Kier alpha value is -2.08. The van der Waals surface area contributed by atoms with E-state index < -0.39 is 0 Å². The van der Waals surface area contributed by atoms with Gasteiger partial charge in [0.15, 0.2) is 0 Å². The Labute approximate surface area is 137 Å². The molecule has 0 fully saturated rings. The van der Waals surface area contributed by atoms with Crippen molar-refractivity contribution >= 4 is 5.91 Å². The number of likely N-dealkylation sites (N-methyl/N-ethyl adjacent to an activating group) is 1. The van der Waals surface area contributed by atoms with Crippen LogP contribution in [0.3, 0.4) is 0 Å². The van der Waals surface area contributed by atoms with E-state index in [4.69, 9.17) is 4.42 Å². The Balaban J connectivity index is 2.04. The third-order valence-electron chi connectivity index (χ3n) is 3.81. The first-order valence-corrected chi connectivity index (χ1v) is 7.97. The van der Waals surface area contributed by atoms with Crippen molar-refractivity contribution in [2.75, 3.05) is 20.6 Å². The van der Waals surface area contributed by atoms with Gasteiger partial charge in [0.05, 0.1) is 17.3 Å². The summed E-state index contributed by atoms with van der Waals surface area (Å²) in [7, 11) is 3.94. The first-order valence-electron chi connectivity index (χ1n) is 7.97. The molecule has 126 valence electrons. The van der Waals surface area contributed by atoms with Gasteiger partial charge in [0.1, 0.15) is 11.5 Å². The second kappa shape index (κ2) is 7.46. The predicted octanol–water partition coefficient (Wildman–Crippen LogP) is 2.54. The highest BCUT2D eigenvalue weighted by Gasteiger charge is 2.20. The van der Waals surface area contributed by atoms with Crippen LogP contribution in [0.25, 0.3) is 0 Å². The van der Waals surface area contributed by atoms with Gasteiger partial charge in [-0.15, -0.1) is 0 Å². The molecule has 0 aliphatic rings. The van der Waals surface area contributed by atoms with Gasteiger partial charge in [-0.1, -0.05) is 6.92 Å². The fourth-order valence-corrected chi connectivity index (χ4v) is 2.54. The highest BCUT2D eigenvalue weighted by Crippen LogP contribution is 2.20. The normalized spacial score (nSPS) is 12.6. The topological polar surface area (TPSA) is 63.3 Å². The van der Waals surface area contributed by atoms with Gasteiger partial charge in [-0.05, 0) is 46.5 Å². The third-order valence-corrected chi connectivity index (χ3v) is 3.81. The van der Waals surface area contributed by atoms with E-state index in [0.717, 1.165) is 30.2 Å². The van der Waals surface area contributed by atoms with Crippen LogP contribution >= 0.6 is 0 Å². The standard InChI is InChI=1S/C17H26N4O2/c1-6-9-21-11-14(13(3)19-21)17(22)18-10-15(20(4)5)16-8-7-12(2)23-16/h7-8,11,15H,6,9-10H2,1-5H3,(H,18,22)/t15-/m0/s1. The zero-order valence-corrected chi connectivity index (χ0v) is 14.6. The summed E-state index contributed by atoms with van der Waals surface area (Å²) in [6.45, 7) is 7.17. The Morgan fingerprint density at radius 1 is 1.39 bits per heavy atom. The molecule has 2 heterocycles. The molecule has 2 aromatic heterocycles. The van der Waals surface area contributed by atoms with E-state index in [1.54, 1.807) is 0 Å². The monoisotopic (exact) mass is 318 g/mol. The molecule has 0 unspecified atom stereocenters. The summed E-state index contributed by atoms with van der Waals surface area (Å²) < 4.78 is 7.52. The van der Waals surface area contributed by atoms with Crippen molar-refractivity contribution < 1.29 is 9.21 Å². The molecule has 6 heteroatoms. The van der Waals surface area contributed by atoms with Crippen LogP contribution in [0.1, 0.15) is 47.0 Å². The minimum atomic E-state index is -0.0972. The number of nitrogens with one attached hydrogen (secondary N) is 1. The number of aryl methyl sites for hydroxylation is 3. The van der Waals surface area contributed by atoms with Crippen molar-refractivity contribution in [1.82, 2.24) is 20.0 Å². The molecule has 0 saturated heterocycles. The lowest BCUT2D eigenvalue weighted by Crippen LogP contribution is -2.34. The highest BCUT2D eigenvalue weighted by molar-refractivity contribution is 5.95. The van der Waals surface area contributed by atoms with Crippen LogP contribution < -0.4 is 5.32 Å². The first kappa shape index (κ1) is 17.3. The maximum atomic E-state index is 12.4. The average molecular weight is 318 g/mol. The Morgan fingerprint density at radius 3 is 2.70 bits per heavy atom. The number of aromatic nitrogens is 2. The van der Waals surface area contributed by atoms with E-state index >= 15 is 0 Å². The van der Waals surface area contributed by atoms with E-state index in [1.165, 1.54) is 0 Å².